The van der Waals surface area contributed by atoms with Crippen LogP contribution in [0.4, 0.5) is 5.69 Å². The number of carbonyl (C=O) groups excluding carboxylic acids is 1. The van der Waals surface area contributed by atoms with Gasteiger partial charge in [-0.1, -0.05) is 15.9 Å². The molecule has 0 unspecified atom stereocenters. The number of hydrogen-bond acceptors (Lipinski definition) is 6. The molecule has 0 amide bonds. The van der Waals surface area contributed by atoms with Gasteiger partial charge in [0, 0.05) is 11.4 Å². The summed E-state index contributed by atoms with van der Waals surface area (Å²) in [6, 6.07) is 8.99. The first kappa shape index (κ1) is 17.4. The van der Waals surface area contributed by atoms with E-state index in [9.17, 15) is 13.2 Å². The molecule has 130 valence electrons. The Morgan fingerprint density at radius 2 is 2.00 bits per heavy atom. The SMILES string of the molecule is COC(=O)c1cc(Br)ccc1S(=O)(=O)Nc1ccc2oc(C)nc2c1. The van der Waals surface area contributed by atoms with Crippen LogP contribution in [0, 0.1) is 6.92 Å². The number of carbonyl (C=O) groups is 1. The molecule has 0 atom stereocenters. The summed E-state index contributed by atoms with van der Waals surface area (Å²) in [6.07, 6.45) is 0. The number of benzene rings is 2. The van der Waals surface area contributed by atoms with Crippen molar-refractivity contribution in [1.82, 2.24) is 4.98 Å². The minimum Gasteiger partial charge on any atom is -0.465 e. The highest BCUT2D eigenvalue weighted by molar-refractivity contribution is 9.10. The van der Waals surface area contributed by atoms with Gasteiger partial charge in [0.2, 0.25) is 0 Å². The van der Waals surface area contributed by atoms with Gasteiger partial charge < -0.3 is 9.15 Å². The standard InChI is InChI=1S/C16H13BrN2O5S/c1-9-18-13-8-11(4-5-14(13)24-9)19-25(21,22)15-6-3-10(17)7-12(15)16(20)23-2/h3-8,19H,1-2H3. The van der Waals surface area contributed by atoms with E-state index >= 15 is 0 Å². The summed E-state index contributed by atoms with van der Waals surface area (Å²) in [5, 5.41) is 0. The minimum absolute atomic E-state index is 0.0669. The highest BCUT2D eigenvalue weighted by Crippen LogP contribution is 2.26. The number of methoxy groups -OCH3 is 1. The highest BCUT2D eigenvalue weighted by Gasteiger charge is 2.23. The van der Waals surface area contributed by atoms with Crippen molar-refractivity contribution >= 4 is 48.7 Å². The summed E-state index contributed by atoms with van der Waals surface area (Å²) >= 11 is 3.22. The fraction of sp³-hybridized carbons (Fsp3) is 0.125. The Morgan fingerprint density at radius 3 is 2.72 bits per heavy atom. The zero-order valence-corrected chi connectivity index (χ0v) is 15.6. The number of esters is 1. The minimum atomic E-state index is -4.01. The van der Waals surface area contributed by atoms with E-state index in [1.54, 1.807) is 25.1 Å². The molecule has 0 aliphatic rings. The Kier molecular flexibility index (Phi) is 4.53. The fourth-order valence-corrected chi connectivity index (χ4v) is 3.91. The molecule has 0 radical (unpaired) electrons. The molecular formula is C16H13BrN2O5S. The van der Waals surface area contributed by atoms with Gasteiger partial charge in [-0.05, 0) is 36.4 Å². The second-order valence-electron chi connectivity index (χ2n) is 5.15. The molecule has 25 heavy (non-hydrogen) atoms. The third-order valence-corrected chi connectivity index (χ3v) is 5.32. The lowest BCUT2D eigenvalue weighted by Gasteiger charge is -2.11. The van der Waals surface area contributed by atoms with Crippen molar-refractivity contribution in [2.45, 2.75) is 11.8 Å². The number of aromatic nitrogens is 1. The van der Waals surface area contributed by atoms with Crippen molar-refractivity contribution in [3.63, 3.8) is 0 Å². The lowest BCUT2D eigenvalue weighted by atomic mass is 10.2. The predicted molar refractivity (Wildman–Crippen MR) is 95.0 cm³/mol. The first-order valence-electron chi connectivity index (χ1n) is 7.08. The smallest absolute Gasteiger partial charge is 0.339 e. The van der Waals surface area contributed by atoms with Crippen molar-refractivity contribution in [1.29, 1.82) is 0 Å². The number of rotatable bonds is 4. The number of anilines is 1. The Balaban J connectivity index is 2.02. The average molecular weight is 425 g/mol. The summed E-state index contributed by atoms with van der Waals surface area (Å²) in [4.78, 5) is 15.9. The van der Waals surface area contributed by atoms with Gasteiger partial charge in [-0.2, -0.15) is 0 Å². The number of aryl methyl sites for hydroxylation is 1. The van der Waals surface area contributed by atoms with Crippen LogP contribution in [0.25, 0.3) is 11.1 Å². The van der Waals surface area contributed by atoms with E-state index in [1.807, 2.05) is 0 Å². The summed E-state index contributed by atoms with van der Waals surface area (Å²) in [5.41, 5.74) is 1.32. The first-order chi connectivity index (χ1) is 11.8. The number of hydrogen-bond donors (Lipinski definition) is 1. The van der Waals surface area contributed by atoms with Crippen molar-refractivity contribution in [2.24, 2.45) is 0 Å². The molecule has 3 aromatic rings. The second kappa shape index (κ2) is 6.49. The molecule has 7 nitrogen and oxygen atoms in total. The van der Waals surface area contributed by atoms with Crippen LogP contribution in [0.2, 0.25) is 0 Å². The molecule has 0 saturated heterocycles. The number of ether oxygens (including phenoxy) is 1. The third kappa shape index (κ3) is 3.52. The second-order valence-corrected chi connectivity index (χ2v) is 7.72. The van der Waals surface area contributed by atoms with Crippen molar-refractivity contribution < 1.29 is 22.4 Å². The molecule has 0 spiro atoms. The van der Waals surface area contributed by atoms with Crippen LogP contribution in [0.15, 0.2) is 50.2 Å². The molecule has 2 aromatic carbocycles. The zero-order chi connectivity index (χ0) is 18.2. The van der Waals surface area contributed by atoms with E-state index in [1.165, 1.54) is 25.3 Å². The molecule has 0 fully saturated rings. The number of nitrogens with one attached hydrogen (secondary N) is 1. The van der Waals surface area contributed by atoms with E-state index < -0.39 is 16.0 Å². The van der Waals surface area contributed by atoms with Crippen molar-refractivity contribution in [3.05, 3.63) is 52.3 Å². The topological polar surface area (TPSA) is 98.5 Å². The summed E-state index contributed by atoms with van der Waals surface area (Å²) < 4.78 is 38.5. The predicted octanol–water partition coefficient (Wildman–Crippen LogP) is 3.49. The Morgan fingerprint density at radius 1 is 1.24 bits per heavy atom. The largest absolute Gasteiger partial charge is 0.465 e. The van der Waals surface area contributed by atoms with E-state index in [-0.39, 0.29) is 10.5 Å². The molecule has 9 heteroatoms. The molecule has 0 aliphatic heterocycles. The molecule has 1 heterocycles. The summed E-state index contributed by atoms with van der Waals surface area (Å²) in [6.45, 7) is 1.70. The van der Waals surface area contributed by atoms with Gasteiger partial charge in [-0.25, -0.2) is 18.2 Å². The van der Waals surface area contributed by atoms with Crippen LogP contribution < -0.4 is 4.72 Å². The average Bonchev–Trinajstić information content (AvgIpc) is 2.92. The van der Waals surface area contributed by atoms with Crippen LogP contribution in [0.3, 0.4) is 0 Å². The third-order valence-electron chi connectivity index (χ3n) is 3.38. The summed E-state index contributed by atoms with van der Waals surface area (Å²) in [5.74, 6) is -0.264. The quantitative estimate of drug-likeness (QED) is 0.643. The maximum atomic E-state index is 12.7. The normalized spacial score (nSPS) is 11.5. The fourth-order valence-electron chi connectivity index (χ4n) is 2.32. The molecular weight excluding hydrogens is 412 g/mol. The lowest BCUT2D eigenvalue weighted by Crippen LogP contribution is -2.17. The number of sulfonamides is 1. The van der Waals surface area contributed by atoms with E-state index in [2.05, 4.69) is 30.4 Å². The van der Waals surface area contributed by atoms with Crippen LogP contribution in [-0.2, 0) is 14.8 Å². The Hall–Kier alpha value is -2.39. The molecule has 0 saturated carbocycles. The molecule has 1 aromatic heterocycles. The number of nitrogens with zero attached hydrogens (tertiary/aromatic N) is 1. The Labute approximate surface area is 152 Å². The number of halogens is 1. The molecule has 1 N–H and O–H groups in total. The molecule has 0 aliphatic carbocycles. The lowest BCUT2D eigenvalue weighted by molar-refractivity contribution is 0.0596. The molecule has 3 rings (SSSR count). The van der Waals surface area contributed by atoms with Gasteiger partial charge in [0.05, 0.1) is 18.4 Å². The highest BCUT2D eigenvalue weighted by atomic mass is 79.9. The number of oxazole rings is 1. The van der Waals surface area contributed by atoms with Crippen LogP contribution in [0.5, 0.6) is 0 Å². The van der Waals surface area contributed by atoms with Gasteiger partial charge in [-0.3, -0.25) is 4.72 Å². The van der Waals surface area contributed by atoms with Crippen LogP contribution in [-0.4, -0.2) is 26.5 Å². The maximum Gasteiger partial charge on any atom is 0.339 e. The van der Waals surface area contributed by atoms with Crippen LogP contribution in [0.1, 0.15) is 16.2 Å². The van der Waals surface area contributed by atoms with E-state index in [0.29, 0.717) is 27.2 Å². The van der Waals surface area contributed by atoms with Crippen LogP contribution >= 0.6 is 15.9 Å². The zero-order valence-electron chi connectivity index (χ0n) is 13.2. The van der Waals surface area contributed by atoms with Gasteiger partial charge in [0.15, 0.2) is 11.5 Å². The van der Waals surface area contributed by atoms with Gasteiger partial charge in [0.25, 0.3) is 10.0 Å². The molecule has 0 bridgehead atoms. The monoisotopic (exact) mass is 424 g/mol. The van der Waals surface area contributed by atoms with Gasteiger partial charge in [-0.15, -0.1) is 0 Å². The Bertz CT molecular complexity index is 1080. The van der Waals surface area contributed by atoms with Crippen molar-refractivity contribution in [3.8, 4) is 0 Å². The number of fused-ring (bicyclic) bond motifs is 1. The van der Waals surface area contributed by atoms with Crippen molar-refractivity contribution in [2.75, 3.05) is 11.8 Å². The first-order valence-corrected chi connectivity index (χ1v) is 9.35. The maximum absolute atomic E-state index is 12.7. The van der Waals surface area contributed by atoms with E-state index in [4.69, 9.17) is 4.42 Å². The van der Waals surface area contributed by atoms with Gasteiger partial charge >= 0.3 is 5.97 Å². The summed E-state index contributed by atoms with van der Waals surface area (Å²) in [7, 11) is -2.82. The van der Waals surface area contributed by atoms with Gasteiger partial charge in [0.1, 0.15) is 10.4 Å². The van der Waals surface area contributed by atoms with E-state index in [0.717, 1.165) is 0 Å².